The summed E-state index contributed by atoms with van der Waals surface area (Å²) < 4.78 is 0. The predicted molar refractivity (Wildman–Crippen MR) is 66.6 cm³/mol. The number of carbonyl (C=O) groups is 2. The van der Waals surface area contributed by atoms with Gasteiger partial charge in [0.2, 0.25) is 11.8 Å². The minimum absolute atomic E-state index is 0.0468. The van der Waals surface area contributed by atoms with E-state index in [1.54, 1.807) is 11.9 Å². The molecule has 98 valence electrons. The maximum Gasteiger partial charge on any atom is 0.241 e. The van der Waals surface area contributed by atoms with E-state index in [0.29, 0.717) is 6.54 Å². The van der Waals surface area contributed by atoms with Crippen molar-refractivity contribution < 1.29 is 9.59 Å². The SMILES string of the molecule is CCN(C)C(=O)CNC(=O)C1CCCCCN1. The number of carbonyl (C=O) groups excluding carboxylic acids is 2. The van der Waals surface area contributed by atoms with Crippen LogP contribution in [0, 0.1) is 0 Å². The molecular weight excluding hydrogens is 218 g/mol. The molecule has 2 N–H and O–H groups in total. The summed E-state index contributed by atoms with van der Waals surface area (Å²) in [5.74, 6) is -0.0979. The van der Waals surface area contributed by atoms with Gasteiger partial charge in [-0.05, 0) is 26.3 Å². The van der Waals surface area contributed by atoms with Gasteiger partial charge in [-0.1, -0.05) is 12.8 Å². The van der Waals surface area contributed by atoms with Gasteiger partial charge in [0.15, 0.2) is 0 Å². The highest BCUT2D eigenvalue weighted by Crippen LogP contribution is 2.08. The molecule has 1 aliphatic heterocycles. The Morgan fingerprint density at radius 1 is 1.35 bits per heavy atom. The first-order valence-electron chi connectivity index (χ1n) is 6.40. The zero-order chi connectivity index (χ0) is 12.7. The van der Waals surface area contributed by atoms with Gasteiger partial charge in [0.25, 0.3) is 0 Å². The van der Waals surface area contributed by atoms with E-state index in [-0.39, 0.29) is 24.4 Å². The Kier molecular flexibility index (Phi) is 5.97. The third kappa shape index (κ3) is 4.73. The maximum atomic E-state index is 11.8. The summed E-state index contributed by atoms with van der Waals surface area (Å²) >= 11 is 0. The third-order valence-corrected chi connectivity index (χ3v) is 3.19. The summed E-state index contributed by atoms with van der Waals surface area (Å²) in [5.41, 5.74) is 0. The number of nitrogens with zero attached hydrogens (tertiary/aromatic N) is 1. The van der Waals surface area contributed by atoms with Crippen LogP contribution in [0.3, 0.4) is 0 Å². The Hall–Kier alpha value is -1.10. The van der Waals surface area contributed by atoms with E-state index in [1.165, 1.54) is 6.42 Å². The van der Waals surface area contributed by atoms with Crippen LogP contribution in [0.25, 0.3) is 0 Å². The van der Waals surface area contributed by atoms with Crippen LogP contribution in [-0.4, -0.2) is 49.4 Å². The molecule has 2 amide bonds. The molecule has 1 saturated heterocycles. The van der Waals surface area contributed by atoms with E-state index < -0.39 is 0 Å². The van der Waals surface area contributed by atoms with Crippen LogP contribution in [0.5, 0.6) is 0 Å². The van der Waals surface area contributed by atoms with Gasteiger partial charge in [-0.25, -0.2) is 0 Å². The van der Waals surface area contributed by atoms with Gasteiger partial charge in [0.1, 0.15) is 0 Å². The van der Waals surface area contributed by atoms with E-state index in [1.807, 2.05) is 6.92 Å². The lowest BCUT2D eigenvalue weighted by Crippen LogP contribution is -2.47. The lowest BCUT2D eigenvalue weighted by molar-refractivity contribution is -0.132. The summed E-state index contributed by atoms with van der Waals surface area (Å²) in [6, 6.07) is -0.128. The molecule has 1 atom stereocenters. The molecule has 0 bridgehead atoms. The first kappa shape index (κ1) is 14.0. The molecule has 5 nitrogen and oxygen atoms in total. The fraction of sp³-hybridized carbons (Fsp3) is 0.833. The van der Waals surface area contributed by atoms with Gasteiger partial charge in [-0.3, -0.25) is 9.59 Å². The van der Waals surface area contributed by atoms with E-state index in [9.17, 15) is 9.59 Å². The Morgan fingerprint density at radius 3 is 2.82 bits per heavy atom. The first-order chi connectivity index (χ1) is 8.15. The second-order valence-corrected chi connectivity index (χ2v) is 4.48. The Labute approximate surface area is 103 Å². The number of nitrogens with one attached hydrogen (secondary N) is 2. The van der Waals surface area contributed by atoms with Gasteiger partial charge in [-0.15, -0.1) is 0 Å². The summed E-state index contributed by atoms with van der Waals surface area (Å²) in [4.78, 5) is 24.9. The second kappa shape index (κ2) is 7.27. The van der Waals surface area contributed by atoms with E-state index in [4.69, 9.17) is 0 Å². The smallest absolute Gasteiger partial charge is 0.241 e. The molecule has 1 aliphatic rings. The monoisotopic (exact) mass is 241 g/mol. The average molecular weight is 241 g/mol. The number of hydrogen-bond acceptors (Lipinski definition) is 3. The largest absolute Gasteiger partial charge is 0.346 e. The molecule has 0 aromatic carbocycles. The Balaban J connectivity index is 2.30. The minimum atomic E-state index is -0.128. The fourth-order valence-electron chi connectivity index (χ4n) is 1.85. The van der Waals surface area contributed by atoms with Gasteiger partial charge in [-0.2, -0.15) is 0 Å². The van der Waals surface area contributed by atoms with Crippen molar-refractivity contribution in [1.29, 1.82) is 0 Å². The van der Waals surface area contributed by atoms with Crippen molar-refractivity contribution >= 4 is 11.8 Å². The molecule has 1 unspecified atom stereocenters. The highest BCUT2D eigenvalue weighted by atomic mass is 16.2. The van der Waals surface area contributed by atoms with Crippen LogP contribution in [0.2, 0.25) is 0 Å². The molecule has 0 aromatic rings. The van der Waals surface area contributed by atoms with Gasteiger partial charge in [0, 0.05) is 13.6 Å². The normalized spacial score (nSPS) is 20.5. The molecule has 0 radical (unpaired) electrons. The molecule has 1 fully saturated rings. The van der Waals surface area contributed by atoms with Crippen molar-refractivity contribution in [1.82, 2.24) is 15.5 Å². The van der Waals surface area contributed by atoms with E-state index >= 15 is 0 Å². The van der Waals surface area contributed by atoms with Crippen LogP contribution in [0.15, 0.2) is 0 Å². The van der Waals surface area contributed by atoms with E-state index in [2.05, 4.69) is 10.6 Å². The highest BCUT2D eigenvalue weighted by molar-refractivity contribution is 5.87. The molecule has 0 aliphatic carbocycles. The molecule has 0 saturated carbocycles. The summed E-state index contributed by atoms with van der Waals surface area (Å²) in [5, 5.41) is 5.91. The Bertz CT molecular complexity index is 260. The zero-order valence-corrected chi connectivity index (χ0v) is 10.8. The highest BCUT2D eigenvalue weighted by Gasteiger charge is 2.20. The number of amides is 2. The number of hydrogen-bond donors (Lipinski definition) is 2. The molecule has 1 rings (SSSR count). The van der Waals surface area contributed by atoms with Gasteiger partial charge in [0.05, 0.1) is 12.6 Å². The first-order valence-corrected chi connectivity index (χ1v) is 6.40. The lowest BCUT2D eigenvalue weighted by Gasteiger charge is -2.18. The number of rotatable bonds is 4. The summed E-state index contributed by atoms with van der Waals surface area (Å²) in [7, 11) is 1.73. The minimum Gasteiger partial charge on any atom is -0.346 e. The summed E-state index contributed by atoms with van der Waals surface area (Å²) in [6.07, 6.45) is 4.24. The average Bonchev–Trinajstić information content (AvgIpc) is 2.63. The van der Waals surface area contributed by atoms with Crippen molar-refractivity contribution in [2.75, 3.05) is 26.7 Å². The zero-order valence-electron chi connectivity index (χ0n) is 10.8. The fourth-order valence-corrected chi connectivity index (χ4v) is 1.85. The van der Waals surface area contributed by atoms with Crippen molar-refractivity contribution in [3.63, 3.8) is 0 Å². The molecule has 0 spiro atoms. The van der Waals surface area contributed by atoms with Crippen LogP contribution in [-0.2, 0) is 9.59 Å². The molecule has 0 aromatic heterocycles. The van der Waals surface area contributed by atoms with Gasteiger partial charge < -0.3 is 15.5 Å². The van der Waals surface area contributed by atoms with Crippen molar-refractivity contribution in [3.8, 4) is 0 Å². The Morgan fingerprint density at radius 2 is 2.12 bits per heavy atom. The van der Waals surface area contributed by atoms with Gasteiger partial charge >= 0.3 is 0 Å². The van der Waals surface area contributed by atoms with Crippen molar-refractivity contribution in [3.05, 3.63) is 0 Å². The quantitative estimate of drug-likeness (QED) is 0.734. The summed E-state index contributed by atoms with van der Waals surface area (Å²) in [6.45, 7) is 3.56. The maximum absolute atomic E-state index is 11.8. The molecule has 17 heavy (non-hydrogen) atoms. The van der Waals surface area contributed by atoms with Crippen LogP contribution in [0.1, 0.15) is 32.6 Å². The standard InChI is InChI=1S/C12H23N3O2/c1-3-15(2)11(16)9-14-12(17)10-7-5-4-6-8-13-10/h10,13H,3-9H2,1-2H3,(H,14,17). The number of likely N-dealkylation sites (N-methyl/N-ethyl adjacent to an activating group) is 1. The second-order valence-electron chi connectivity index (χ2n) is 4.48. The third-order valence-electron chi connectivity index (χ3n) is 3.19. The predicted octanol–water partition coefficient (Wildman–Crippen LogP) is 0.113. The van der Waals surface area contributed by atoms with E-state index in [0.717, 1.165) is 25.8 Å². The molecular formula is C12H23N3O2. The molecule has 5 heteroatoms. The van der Waals surface area contributed by atoms with Crippen LogP contribution < -0.4 is 10.6 Å². The van der Waals surface area contributed by atoms with Crippen LogP contribution in [0.4, 0.5) is 0 Å². The molecule has 1 heterocycles. The van der Waals surface area contributed by atoms with Crippen LogP contribution >= 0.6 is 0 Å². The van der Waals surface area contributed by atoms with Crippen molar-refractivity contribution in [2.24, 2.45) is 0 Å². The van der Waals surface area contributed by atoms with Crippen molar-refractivity contribution in [2.45, 2.75) is 38.6 Å². The topological polar surface area (TPSA) is 61.4 Å². The lowest BCUT2D eigenvalue weighted by atomic mass is 10.1.